The Bertz CT molecular complexity index is 254. The Morgan fingerprint density at radius 1 is 1.24 bits per heavy atom. The van der Waals surface area contributed by atoms with Crippen molar-refractivity contribution in [1.82, 2.24) is 16.0 Å². The summed E-state index contributed by atoms with van der Waals surface area (Å²) in [5.74, 6) is -0.0237. The smallest absolute Gasteiger partial charge is 0.234 e. The molecule has 0 unspecified atom stereocenters. The third-order valence-corrected chi connectivity index (χ3v) is 2.39. The van der Waals surface area contributed by atoms with Crippen molar-refractivity contribution in [1.29, 1.82) is 0 Å². The zero-order chi connectivity index (χ0) is 12.5. The third kappa shape index (κ3) is 7.70. The van der Waals surface area contributed by atoms with E-state index in [1.54, 1.807) is 7.11 Å². The lowest BCUT2D eigenvalue weighted by molar-refractivity contribution is -0.122. The van der Waals surface area contributed by atoms with E-state index in [1.165, 1.54) is 0 Å². The average molecular weight is 243 g/mol. The predicted molar refractivity (Wildman–Crippen MR) is 63.5 cm³/mol. The summed E-state index contributed by atoms with van der Waals surface area (Å²) in [6.45, 7) is 1.83. The lowest BCUT2D eigenvalue weighted by Crippen LogP contribution is -2.37. The minimum atomic E-state index is -0.0304. The van der Waals surface area contributed by atoms with Crippen LogP contribution in [0.3, 0.4) is 0 Å². The van der Waals surface area contributed by atoms with Crippen LogP contribution in [0.5, 0.6) is 0 Å². The SMILES string of the molecule is COCCNC(=O)CCNCC(=O)NC1CC1. The number of rotatable bonds is 9. The summed E-state index contributed by atoms with van der Waals surface area (Å²) in [6.07, 6.45) is 2.56. The lowest BCUT2D eigenvalue weighted by atomic mass is 10.4. The van der Waals surface area contributed by atoms with Gasteiger partial charge in [-0.3, -0.25) is 9.59 Å². The van der Waals surface area contributed by atoms with Crippen molar-refractivity contribution in [3.63, 3.8) is 0 Å². The van der Waals surface area contributed by atoms with Gasteiger partial charge in [0.05, 0.1) is 13.2 Å². The molecule has 1 aliphatic rings. The zero-order valence-electron chi connectivity index (χ0n) is 10.3. The normalized spacial score (nSPS) is 14.4. The molecule has 0 radical (unpaired) electrons. The number of hydrogen-bond donors (Lipinski definition) is 3. The number of methoxy groups -OCH3 is 1. The molecule has 98 valence electrons. The maximum atomic E-state index is 11.3. The van der Waals surface area contributed by atoms with Crippen LogP contribution in [0.2, 0.25) is 0 Å². The molecule has 0 aromatic rings. The fraction of sp³-hybridized carbons (Fsp3) is 0.818. The first-order valence-corrected chi connectivity index (χ1v) is 5.98. The van der Waals surface area contributed by atoms with Gasteiger partial charge in [0.15, 0.2) is 0 Å². The Kier molecular flexibility index (Phi) is 6.57. The second-order valence-corrected chi connectivity index (χ2v) is 4.11. The van der Waals surface area contributed by atoms with Gasteiger partial charge in [-0.15, -0.1) is 0 Å². The van der Waals surface area contributed by atoms with Crippen LogP contribution in [0.1, 0.15) is 19.3 Å². The van der Waals surface area contributed by atoms with Gasteiger partial charge in [0.2, 0.25) is 11.8 Å². The van der Waals surface area contributed by atoms with E-state index < -0.39 is 0 Å². The molecule has 0 aromatic carbocycles. The average Bonchev–Trinajstić information content (AvgIpc) is 3.09. The minimum absolute atomic E-state index is 0.00675. The summed E-state index contributed by atoms with van der Waals surface area (Å²) in [6, 6.07) is 0.390. The van der Waals surface area contributed by atoms with Gasteiger partial charge < -0.3 is 20.7 Å². The Morgan fingerprint density at radius 3 is 2.65 bits per heavy atom. The summed E-state index contributed by atoms with van der Waals surface area (Å²) >= 11 is 0. The second-order valence-electron chi connectivity index (χ2n) is 4.11. The summed E-state index contributed by atoms with van der Waals surface area (Å²) in [4.78, 5) is 22.5. The maximum Gasteiger partial charge on any atom is 0.234 e. The van der Waals surface area contributed by atoms with Gasteiger partial charge >= 0.3 is 0 Å². The molecule has 6 nitrogen and oxygen atoms in total. The van der Waals surface area contributed by atoms with Gasteiger partial charge in [-0.2, -0.15) is 0 Å². The van der Waals surface area contributed by atoms with Crippen molar-refractivity contribution >= 4 is 11.8 Å². The van der Waals surface area contributed by atoms with Crippen LogP contribution in [0.25, 0.3) is 0 Å². The number of nitrogens with one attached hydrogen (secondary N) is 3. The number of ether oxygens (including phenoxy) is 1. The molecule has 0 aromatic heterocycles. The summed E-state index contributed by atoms with van der Waals surface area (Å²) in [5.41, 5.74) is 0. The van der Waals surface area contributed by atoms with Crippen LogP contribution >= 0.6 is 0 Å². The molecule has 0 bridgehead atoms. The molecule has 17 heavy (non-hydrogen) atoms. The second kappa shape index (κ2) is 8.03. The number of hydrogen-bond acceptors (Lipinski definition) is 4. The Balaban J connectivity index is 1.88. The molecule has 2 amide bonds. The van der Waals surface area contributed by atoms with Gasteiger partial charge in [0, 0.05) is 32.7 Å². The molecule has 1 saturated carbocycles. The molecule has 0 saturated heterocycles. The van der Waals surface area contributed by atoms with E-state index in [4.69, 9.17) is 4.74 Å². The largest absolute Gasteiger partial charge is 0.383 e. The summed E-state index contributed by atoms with van der Waals surface area (Å²) in [7, 11) is 1.59. The number of carbonyl (C=O) groups is 2. The first-order chi connectivity index (χ1) is 8.22. The van der Waals surface area contributed by atoms with Crippen molar-refractivity contribution in [3.05, 3.63) is 0 Å². The van der Waals surface area contributed by atoms with Crippen molar-refractivity contribution in [2.75, 3.05) is 33.4 Å². The van der Waals surface area contributed by atoms with Gasteiger partial charge in [-0.05, 0) is 12.8 Å². The zero-order valence-corrected chi connectivity index (χ0v) is 10.3. The molecule has 0 aliphatic heterocycles. The molecule has 1 fully saturated rings. The molecule has 1 rings (SSSR count). The van der Waals surface area contributed by atoms with Gasteiger partial charge in [-0.25, -0.2) is 0 Å². The topological polar surface area (TPSA) is 79.5 Å². The highest BCUT2D eigenvalue weighted by Crippen LogP contribution is 2.17. The van der Waals surface area contributed by atoms with Gasteiger partial charge in [0.25, 0.3) is 0 Å². The first-order valence-electron chi connectivity index (χ1n) is 5.98. The van der Waals surface area contributed by atoms with Crippen LogP contribution in [0.15, 0.2) is 0 Å². The van der Waals surface area contributed by atoms with Crippen molar-refractivity contribution in [2.24, 2.45) is 0 Å². The van der Waals surface area contributed by atoms with Gasteiger partial charge in [-0.1, -0.05) is 0 Å². The molecule has 1 aliphatic carbocycles. The van der Waals surface area contributed by atoms with E-state index in [0.29, 0.717) is 32.2 Å². The van der Waals surface area contributed by atoms with E-state index in [-0.39, 0.29) is 18.4 Å². The van der Waals surface area contributed by atoms with Crippen LogP contribution in [-0.2, 0) is 14.3 Å². The van der Waals surface area contributed by atoms with Crippen LogP contribution < -0.4 is 16.0 Å². The Labute approximate surface area is 101 Å². The molecule has 6 heteroatoms. The minimum Gasteiger partial charge on any atom is -0.383 e. The maximum absolute atomic E-state index is 11.3. The molecule has 0 spiro atoms. The van der Waals surface area contributed by atoms with Crippen molar-refractivity contribution in [2.45, 2.75) is 25.3 Å². The van der Waals surface area contributed by atoms with Crippen molar-refractivity contribution in [3.8, 4) is 0 Å². The van der Waals surface area contributed by atoms with E-state index >= 15 is 0 Å². The van der Waals surface area contributed by atoms with Gasteiger partial charge in [0.1, 0.15) is 0 Å². The fourth-order valence-corrected chi connectivity index (χ4v) is 1.29. The highest BCUT2D eigenvalue weighted by molar-refractivity contribution is 5.79. The lowest BCUT2D eigenvalue weighted by Gasteiger charge is -2.06. The first kappa shape index (κ1) is 13.9. The quantitative estimate of drug-likeness (QED) is 0.454. The van der Waals surface area contributed by atoms with E-state index in [9.17, 15) is 9.59 Å². The van der Waals surface area contributed by atoms with Crippen molar-refractivity contribution < 1.29 is 14.3 Å². The van der Waals surface area contributed by atoms with E-state index in [0.717, 1.165) is 12.8 Å². The summed E-state index contributed by atoms with van der Waals surface area (Å²) < 4.78 is 4.81. The van der Waals surface area contributed by atoms with Crippen LogP contribution in [0, 0.1) is 0 Å². The number of carbonyl (C=O) groups excluding carboxylic acids is 2. The van der Waals surface area contributed by atoms with E-state index in [1.807, 2.05) is 0 Å². The monoisotopic (exact) mass is 243 g/mol. The fourth-order valence-electron chi connectivity index (χ4n) is 1.29. The van der Waals surface area contributed by atoms with Crippen LogP contribution in [-0.4, -0.2) is 51.2 Å². The van der Waals surface area contributed by atoms with E-state index in [2.05, 4.69) is 16.0 Å². The van der Waals surface area contributed by atoms with Crippen LogP contribution in [0.4, 0.5) is 0 Å². The molecular weight excluding hydrogens is 222 g/mol. The molecule has 0 atom stereocenters. The summed E-state index contributed by atoms with van der Waals surface area (Å²) in [5, 5.41) is 8.51. The highest BCUT2D eigenvalue weighted by atomic mass is 16.5. The standard InChI is InChI=1S/C11H21N3O3/c1-17-7-6-13-10(15)4-5-12-8-11(16)14-9-2-3-9/h9,12H,2-8H2,1H3,(H,13,15)(H,14,16). The third-order valence-electron chi connectivity index (χ3n) is 2.39. The predicted octanol–water partition coefficient (Wildman–Crippen LogP) is -0.993. The highest BCUT2D eigenvalue weighted by Gasteiger charge is 2.22. The Hall–Kier alpha value is -1.14. The molecule has 3 N–H and O–H groups in total. The molecular formula is C11H21N3O3. The Morgan fingerprint density at radius 2 is 2.00 bits per heavy atom. The molecule has 0 heterocycles. The number of amides is 2.